The lowest BCUT2D eigenvalue weighted by Gasteiger charge is -2.10. The normalized spacial score (nSPS) is 10.3. The van der Waals surface area contributed by atoms with Gasteiger partial charge in [-0.15, -0.1) is 0 Å². The molecule has 104 valence electrons. The van der Waals surface area contributed by atoms with Crippen LogP contribution in [0.2, 0.25) is 5.02 Å². The molecule has 0 aliphatic carbocycles. The molecule has 0 radical (unpaired) electrons. The van der Waals surface area contributed by atoms with Gasteiger partial charge in [-0.3, -0.25) is 10.1 Å². The van der Waals surface area contributed by atoms with Gasteiger partial charge in [-0.1, -0.05) is 23.7 Å². The van der Waals surface area contributed by atoms with Gasteiger partial charge in [0.1, 0.15) is 5.75 Å². The number of nitrogens with two attached hydrogens (primary N) is 1. The minimum Gasteiger partial charge on any atom is -0.450 e. The van der Waals surface area contributed by atoms with Crippen LogP contribution in [0.15, 0.2) is 36.4 Å². The summed E-state index contributed by atoms with van der Waals surface area (Å²) in [4.78, 5) is 10.5. The van der Waals surface area contributed by atoms with E-state index in [1.165, 1.54) is 18.2 Å². The molecule has 0 fully saturated rings. The molecule has 0 bridgehead atoms. The minimum absolute atomic E-state index is 0.117. The second-order valence-electron chi connectivity index (χ2n) is 4.28. The number of nitro benzene ring substituents is 1. The molecular weight excluding hydrogens is 280 g/mol. The molecule has 2 aromatic rings. The van der Waals surface area contributed by atoms with E-state index in [1.54, 1.807) is 6.07 Å². The summed E-state index contributed by atoms with van der Waals surface area (Å²) < 4.78 is 5.61. The smallest absolute Gasteiger partial charge is 0.311 e. The Kier molecular flexibility index (Phi) is 4.22. The minimum atomic E-state index is -0.505. The van der Waals surface area contributed by atoms with Crippen LogP contribution in [0.5, 0.6) is 11.5 Å². The van der Waals surface area contributed by atoms with Crippen molar-refractivity contribution in [3.8, 4) is 11.5 Å². The number of aryl methyl sites for hydroxylation is 1. The van der Waals surface area contributed by atoms with Crippen LogP contribution in [0.4, 0.5) is 5.69 Å². The first-order chi connectivity index (χ1) is 9.51. The van der Waals surface area contributed by atoms with E-state index in [0.29, 0.717) is 17.3 Å². The summed E-state index contributed by atoms with van der Waals surface area (Å²) in [7, 11) is 0. The van der Waals surface area contributed by atoms with E-state index in [0.717, 1.165) is 11.1 Å². The van der Waals surface area contributed by atoms with E-state index in [9.17, 15) is 10.1 Å². The highest BCUT2D eigenvalue weighted by Crippen LogP contribution is 2.35. The Morgan fingerprint density at radius 2 is 2.00 bits per heavy atom. The Balaban J connectivity index is 2.39. The summed E-state index contributed by atoms with van der Waals surface area (Å²) in [6.45, 7) is 2.28. The average Bonchev–Trinajstić information content (AvgIpc) is 2.40. The number of halogens is 1. The molecule has 0 atom stereocenters. The van der Waals surface area contributed by atoms with Gasteiger partial charge in [0.25, 0.3) is 0 Å². The molecule has 0 saturated carbocycles. The fourth-order valence-corrected chi connectivity index (χ4v) is 1.95. The number of rotatable bonds is 4. The maximum Gasteiger partial charge on any atom is 0.311 e. The van der Waals surface area contributed by atoms with Crippen LogP contribution in [0.1, 0.15) is 11.1 Å². The SMILES string of the molecule is Cc1cc(CN)ccc1Oc1cc(Cl)ccc1[N+](=O)[O-]. The van der Waals surface area contributed by atoms with E-state index >= 15 is 0 Å². The average molecular weight is 293 g/mol. The maximum absolute atomic E-state index is 11.0. The Hall–Kier alpha value is -2.11. The van der Waals surface area contributed by atoms with Crippen molar-refractivity contribution < 1.29 is 9.66 Å². The summed E-state index contributed by atoms with van der Waals surface area (Å²) >= 11 is 5.86. The summed E-state index contributed by atoms with van der Waals surface area (Å²) in [6.07, 6.45) is 0. The van der Waals surface area contributed by atoms with Crippen LogP contribution in [0.25, 0.3) is 0 Å². The largest absolute Gasteiger partial charge is 0.450 e. The van der Waals surface area contributed by atoms with Gasteiger partial charge in [0.15, 0.2) is 0 Å². The van der Waals surface area contributed by atoms with Crippen molar-refractivity contribution in [2.45, 2.75) is 13.5 Å². The molecule has 0 aromatic heterocycles. The standard InChI is InChI=1S/C14H13ClN2O3/c1-9-6-10(8-16)2-5-13(9)20-14-7-11(15)3-4-12(14)17(18)19/h2-7H,8,16H2,1H3. The number of hydrogen-bond donors (Lipinski definition) is 1. The van der Waals surface area contributed by atoms with Crippen molar-refractivity contribution in [2.75, 3.05) is 0 Å². The quantitative estimate of drug-likeness (QED) is 0.686. The van der Waals surface area contributed by atoms with E-state index in [4.69, 9.17) is 22.1 Å². The lowest BCUT2D eigenvalue weighted by Crippen LogP contribution is -1.98. The van der Waals surface area contributed by atoms with Gasteiger partial charge < -0.3 is 10.5 Å². The Labute approximate surface area is 121 Å². The van der Waals surface area contributed by atoms with Crippen LogP contribution >= 0.6 is 11.6 Å². The van der Waals surface area contributed by atoms with Gasteiger partial charge in [-0.2, -0.15) is 0 Å². The first-order valence-corrected chi connectivity index (χ1v) is 6.30. The molecule has 2 rings (SSSR count). The predicted molar refractivity (Wildman–Crippen MR) is 77.3 cm³/mol. The van der Waals surface area contributed by atoms with Crippen LogP contribution in [0.3, 0.4) is 0 Å². The molecule has 5 nitrogen and oxygen atoms in total. The molecular formula is C14H13ClN2O3. The molecule has 0 aliphatic heterocycles. The molecule has 0 unspecified atom stereocenters. The summed E-state index contributed by atoms with van der Waals surface area (Å²) in [6, 6.07) is 9.64. The summed E-state index contributed by atoms with van der Waals surface area (Å²) in [5.74, 6) is 0.652. The Morgan fingerprint density at radius 1 is 1.25 bits per heavy atom. The molecule has 0 spiro atoms. The van der Waals surface area contributed by atoms with E-state index in [2.05, 4.69) is 0 Å². The van der Waals surface area contributed by atoms with Crippen molar-refractivity contribution in [3.05, 3.63) is 62.7 Å². The highest BCUT2D eigenvalue weighted by Gasteiger charge is 2.16. The van der Waals surface area contributed by atoms with Crippen molar-refractivity contribution in [1.29, 1.82) is 0 Å². The van der Waals surface area contributed by atoms with Gasteiger partial charge in [0, 0.05) is 23.7 Å². The third kappa shape index (κ3) is 3.07. The number of ether oxygens (including phenoxy) is 1. The topological polar surface area (TPSA) is 78.4 Å². The molecule has 0 saturated heterocycles. The summed E-state index contributed by atoms with van der Waals surface area (Å²) in [5.41, 5.74) is 7.25. The van der Waals surface area contributed by atoms with E-state index in [-0.39, 0.29) is 11.4 Å². The lowest BCUT2D eigenvalue weighted by atomic mass is 10.1. The highest BCUT2D eigenvalue weighted by atomic mass is 35.5. The van der Waals surface area contributed by atoms with Crippen LogP contribution in [0, 0.1) is 17.0 Å². The van der Waals surface area contributed by atoms with Crippen molar-refractivity contribution in [2.24, 2.45) is 5.73 Å². The molecule has 6 heteroatoms. The summed E-state index contributed by atoms with van der Waals surface area (Å²) in [5, 5.41) is 11.4. The molecule has 0 aliphatic rings. The fourth-order valence-electron chi connectivity index (χ4n) is 1.79. The molecule has 20 heavy (non-hydrogen) atoms. The monoisotopic (exact) mass is 292 g/mol. The van der Waals surface area contributed by atoms with Gasteiger partial charge >= 0.3 is 5.69 Å². The van der Waals surface area contributed by atoms with Gasteiger partial charge in [0.05, 0.1) is 4.92 Å². The zero-order chi connectivity index (χ0) is 14.7. The number of nitrogens with zero attached hydrogens (tertiary/aromatic N) is 1. The van der Waals surface area contributed by atoms with Gasteiger partial charge in [-0.05, 0) is 30.2 Å². The van der Waals surface area contributed by atoms with Crippen LogP contribution < -0.4 is 10.5 Å². The zero-order valence-corrected chi connectivity index (χ0v) is 11.6. The molecule has 2 N–H and O–H groups in total. The second-order valence-corrected chi connectivity index (χ2v) is 4.71. The Bertz CT molecular complexity index is 659. The van der Waals surface area contributed by atoms with E-state index in [1.807, 2.05) is 19.1 Å². The lowest BCUT2D eigenvalue weighted by molar-refractivity contribution is -0.385. The zero-order valence-electron chi connectivity index (χ0n) is 10.8. The van der Waals surface area contributed by atoms with Gasteiger partial charge in [-0.25, -0.2) is 0 Å². The van der Waals surface area contributed by atoms with Crippen molar-refractivity contribution in [1.82, 2.24) is 0 Å². The first-order valence-electron chi connectivity index (χ1n) is 5.92. The Morgan fingerprint density at radius 3 is 2.60 bits per heavy atom. The maximum atomic E-state index is 11.0. The fraction of sp³-hybridized carbons (Fsp3) is 0.143. The van der Waals surface area contributed by atoms with Crippen LogP contribution in [-0.2, 0) is 6.54 Å². The molecule has 0 amide bonds. The first kappa shape index (κ1) is 14.3. The second kappa shape index (κ2) is 5.90. The molecule has 0 heterocycles. The number of hydrogen-bond acceptors (Lipinski definition) is 4. The predicted octanol–water partition coefficient (Wildman–Crippen LogP) is 3.81. The number of nitro groups is 1. The van der Waals surface area contributed by atoms with Crippen LogP contribution in [-0.4, -0.2) is 4.92 Å². The number of benzene rings is 2. The van der Waals surface area contributed by atoms with Crippen molar-refractivity contribution in [3.63, 3.8) is 0 Å². The van der Waals surface area contributed by atoms with Gasteiger partial charge in [0.2, 0.25) is 5.75 Å². The van der Waals surface area contributed by atoms with E-state index < -0.39 is 4.92 Å². The highest BCUT2D eigenvalue weighted by molar-refractivity contribution is 6.30. The van der Waals surface area contributed by atoms with Crippen molar-refractivity contribution >= 4 is 17.3 Å². The third-order valence-electron chi connectivity index (χ3n) is 2.81. The third-order valence-corrected chi connectivity index (χ3v) is 3.05. The molecule has 2 aromatic carbocycles.